The van der Waals surface area contributed by atoms with Crippen molar-refractivity contribution in [1.29, 1.82) is 0 Å². The number of nitrogens with one attached hydrogen (secondary N) is 4. The first-order chi connectivity index (χ1) is 13.5. The quantitative estimate of drug-likeness (QED) is 0.532. The summed E-state index contributed by atoms with van der Waals surface area (Å²) in [7, 11) is 1.54. The molecule has 1 heterocycles. The molecule has 160 valence electrons. The lowest BCUT2D eigenvalue weighted by atomic mass is 10.1. The maximum absolute atomic E-state index is 12.7. The van der Waals surface area contributed by atoms with Gasteiger partial charge in [-0.05, 0) is 26.0 Å². The highest BCUT2D eigenvalue weighted by Crippen LogP contribution is 2.38. The number of alkyl halides is 3. The Balaban J connectivity index is 2.31. The van der Waals surface area contributed by atoms with Gasteiger partial charge in [0.25, 0.3) is 11.8 Å². The smallest absolute Gasteiger partial charge is 0.404 e. The average Bonchev–Trinajstić information content (AvgIpc) is 2.99. The molecule has 10 nitrogen and oxygen atoms in total. The molecule has 1 aromatic carbocycles. The van der Waals surface area contributed by atoms with E-state index in [-0.39, 0.29) is 17.6 Å². The third kappa shape index (κ3) is 6.37. The molecule has 0 unspecified atom stereocenters. The fraction of sp³-hybridized carbons (Fsp3) is 0.400. The van der Waals surface area contributed by atoms with Gasteiger partial charge in [0, 0.05) is 7.05 Å². The number of hydrogen-bond acceptors (Lipinski definition) is 8. The molecule has 1 aliphatic rings. The highest BCUT2D eigenvalue weighted by molar-refractivity contribution is 6.37. The van der Waals surface area contributed by atoms with Crippen LogP contribution in [0.4, 0.5) is 18.9 Å². The molecule has 0 aromatic heterocycles. The number of carbonyl (C=O) groups excluding carboxylic acids is 2. The molecule has 0 fully saturated rings. The van der Waals surface area contributed by atoms with Gasteiger partial charge in [-0.25, -0.2) is 5.53 Å². The fourth-order valence-electron chi connectivity index (χ4n) is 2.04. The summed E-state index contributed by atoms with van der Waals surface area (Å²) in [5.41, 5.74) is 4.20. The number of hydrogen-bond donors (Lipinski definition) is 4. The molecule has 0 bridgehead atoms. The molecule has 1 aliphatic heterocycles. The molecule has 0 saturated heterocycles. The van der Waals surface area contributed by atoms with Crippen LogP contribution in [0, 0.1) is 0 Å². The van der Waals surface area contributed by atoms with E-state index < -0.39 is 41.2 Å². The zero-order chi connectivity index (χ0) is 21.8. The fourth-order valence-corrected chi connectivity index (χ4v) is 2.33. The minimum absolute atomic E-state index is 0.0811. The SMILES string of the molecule is CC(C)OCC(=O)Nc1c(OC(F)(F)F)ccc(C(=O)NC2=NNNN2C)c1Cl. The van der Waals surface area contributed by atoms with Crippen molar-refractivity contribution in [2.75, 3.05) is 19.0 Å². The summed E-state index contributed by atoms with van der Waals surface area (Å²) < 4.78 is 47.1. The Hall–Kier alpha value is -2.77. The molecule has 29 heavy (non-hydrogen) atoms. The molecular weight excluding hydrogens is 421 g/mol. The van der Waals surface area contributed by atoms with Crippen molar-refractivity contribution in [3.8, 4) is 5.75 Å². The van der Waals surface area contributed by atoms with Crippen LogP contribution in [-0.4, -0.2) is 48.9 Å². The van der Waals surface area contributed by atoms with Crippen molar-refractivity contribution >= 4 is 35.1 Å². The summed E-state index contributed by atoms with van der Waals surface area (Å²) in [6.07, 6.45) is -5.33. The Morgan fingerprint density at radius 2 is 2.00 bits per heavy atom. The van der Waals surface area contributed by atoms with Gasteiger partial charge in [-0.1, -0.05) is 11.6 Å². The highest BCUT2D eigenvalue weighted by Gasteiger charge is 2.34. The summed E-state index contributed by atoms with van der Waals surface area (Å²) >= 11 is 6.12. The van der Waals surface area contributed by atoms with Gasteiger partial charge in [0.15, 0.2) is 5.75 Å². The largest absolute Gasteiger partial charge is 0.573 e. The van der Waals surface area contributed by atoms with E-state index in [1.54, 1.807) is 20.9 Å². The minimum atomic E-state index is -5.04. The standard InChI is InChI=1S/C15H18ClF3N6O4/c1-7(2)28-6-10(26)20-12-9(29-15(17,18)19)5-4-8(11(12)16)13(27)21-14-22-23-24-25(14)3/h4-5,7,23-24H,6H2,1-3H3,(H,20,26)(H,21,22,27). The lowest BCUT2D eigenvalue weighted by Crippen LogP contribution is -2.45. The van der Waals surface area contributed by atoms with Crippen LogP contribution in [0.2, 0.25) is 5.02 Å². The summed E-state index contributed by atoms with van der Waals surface area (Å²) in [5, 5.41) is 9.20. The Kier molecular flexibility index (Phi) is 7.11. The van der Waals surface area contributed by atoms with E-state index in [0.717, 1.165) is 12.1 Å². The van der Waals surface area contributed by atoms with E-state index >= 15 is 0 Å². The lowest BCUT2D eigenvalue weighted by molar-refractivity contribution is -0.274. The number of hydrazone groups is 1. The van der Waals surface area contributed by atoms with Gasteiger partial charge in [-0.3, -0.25) is 19.9 Å². The van der Waals surface area contributed by atoms with Crippen LogP contribution in [0.15, 0.2) is 17.2 Å². The number of guanidine groups is 1. The van der Waals surface area contributed by atoms with Crippen molar-refractivity contribution in [2.45, 2.75) is 26.3 Å². The number of nitrogens with zero attached hydrogens (tertiary/aromatic N) is 2. The Morgan fingerprint density at radius 3 is 2.55 bits per heavy atom. The summed E-state index contributed by atoms with van der Waals surface area (Å²) in [6, 6.07) is 1.89. The normalized spacial score (nSPS) is 13.8. The predicted octanol–water partition coefficient (Wildman–Crippen LogP) is 1.56. The van der Waals surface area contributed by atoms with Gasteiger partial charge in [0.1, 0.15) is 12.3 Å². The van der Waals surface area contributed by atoms with E-state index in [1.807, 2.05) is 0 Å². The first-order valence-corrected chi connectivity index (χ1v) is 8.49. The lowest BCUT2D eigenvalue weighted by Gasteiger charge is -2.18. The number of anilines is 1. The number of hydrazine groups is 2. The first-order valence-electron chi connectivity index (χ1n) is 8.11. The number of carbonyl (C=O) groups is 2. The minimum Gasteiger partial charge on any atom is -0.404 e. The zero-order valence-electron chi connectivity index (χ0n) is 15.5. The van der Waals surface area contributed by atoms with Crippen molar-refractivity contribution in [1.82, 2.24) is 21.4 Å². The van der Waals surface area contributed by atoms with Gasteiger partial charge < -0.3 is 14.8 Å². The van der Waals surface area contributed by atoms with E-state index in [0.29, 0.717) is 0 Å². The second-order valence-electron chi connectivity index (χ2n) is 5.93. The van der Waals surface area contributed by atoms with Crippen LogP contribution in [0.25, 0.3) is 0 Å². The van der Waals surface area contributed by atoms with Gasteiger partial charge >= 0.3 is 6.36 Å². The third-order valence-corrected chi connectivity index (χ3v) is 3.70. The molecule has 0 atom stereocenters. The van der Waals surface area contributed by atoms with E-state index in [9.17, 15) is 22.8 Å². The van der Waals surface area contributed by atoms with Crippen LogP contribution < -0.4 is 26.4 Å². The van der Waals surface area contributed by atoms with Gasteiger partial charge in [0.05, 0.1) is 16.7 Å². The molecule has 0 radical (unpaired) electrons. The molecular formula is C15H18ClF3N6O4. The monoisotopic (exact) mass is 438 g/mol. The van der Waals surface area contributed by atoms with Crippen LogP contribution in [0.1, 0.15) is 24.2 Å². The van der Waals surface area contributed by atoms with E-state index in [1.165, 1.54) is 5.01 Å². The summed E-state index contributed by atoms with van der Waals surface area (Å²) in [5.74, 6) is -2.26. The summed E-state index contributed by atoms with van der Waals surface area (Å²) in [4.78, 5) is 24.5. The van der Waals surface area contributed by atoms with E-state index in [4.69, 9.17) is 16.3 Å². The molecule has 0 saturated carbocycles. The van der Waals surface area contributed by atoms with Gasteiger partial charge in [0.2, 0.25) is 5.96 Å². The number of benzene rings is 1. The second kappa shape index (κ2) is 9.15. The van der Waals surface area contributed by atoms with Gasteiger partial charge in [-0.15, -0.1) is 23.8 Å². The maximum Gasteiger partial charge on any atom is 0.573 e. The molecule has 0 aliphatic carbocycles. The molecule has 0 spiro atoms. The number of amides is 2. The first kappa shape index (κ1) is 22.5. The van der Waals surface area contributed by atoms with E-state index in [2.05, 4.69) is 31.5 Å². The average molecular weight is 439 g/mol. The van der Waals surface area contributed by atoms with Crippen LogP contribution >= 0.6 is 11.6 Å². The molecule has 2 amide bonds. The highest BCUT2D eigenvalue weighted by atomic mass is 35.5. The number of halogens is 4. The Morgan fingerprint density at radius 1 is 1.31 bits per heavy atom. The van der Waals surface area contributed by atoms with Crippen LogP contribution in [0.5, 0.6) is 5.75 Å². The Labute approximate surface area is 168 Å². The van der Waals surface area contributed by atoms with Crippen molar-refractivity contribution < 1.29 is 32.2 Å². The van der Waals surface area contributed by atoms with Crippen LogP contribution in [-0.2, 0) is 9.53 Å². The molecule has 2 rings (SSSR count). The maximum atomic E-state index is 12.7. The Bertz CT molecular complexity index is 818. The van der Waals surface area contributed by atoms with Gasteiger partial charge in [-0.2, -0.15) is 0 Å². The zero-order valence-corrected chi connectivity index (χ0v) is 16.2. The second-order valence-corrected chi connectivity index (χ2v) is 6.31. The topological polar surface area (TPSA) is 116 Å². The predicted molar refractivity (Wildman–Crippen MR) is 96.8 cm³/mol. The summed E-state index contributed by atoms with van der Waals surface area (Å²) in [6.45, 7) is 2.92. The molecule has 4 N–H and O–H groups in total. The van der Waals surface area contributed by atoms with Crippen molar-refractivity contribution in [2.24, 2.45) is 5.10 Å². The third-order valence-electron chi connectivity index (χ3n) is 3.31. The van der Waals surface area contributed by atoms with Crippen molar-refractivity contribution in [3.05, 3.63) is 22.7 Å². The number of rotatable bonds is 6. The molecule has 14 heteroatoms. The molecule has 1 aromatic rings. The van der Waals surface area contributed by atoms with Crippen molar-refractivity contribution in [3.63, 3.8) is 0 Å². The van der Waals surface area contributed by atoms with Crippen LogP contribution in [0.3, 0.4) is 0 Å². The number of ether oxygens (including phenoxy) is 2.